The van der Waals surface area contributed by atoms with Crippen LogP contribution in [0, 0.1) is 6.92 Å². The fraction of sp³-hybridized carbons (Fsp3) is 0.471. The van der Waals surface area contributed by atoms with E-state index in [1.165, 1.54) is 0 Å². The van der Waals surface area contributed by atoms with Gasteiger partial charge >= 0.3 is 0 Å². The Morgan fingerprint density at radius 2 is 2.22 bits per heavy atom. The zero-order chi connectivity index (χ0) is 16.2. The van der Waals surface area contributed by atoms with Gasteiger partial charge in [0, 0.05) is 25.6 Å². The predicted molar refractivity (Wildman–Crippen MR) is 85.6 cm³/mol. The lowest BCUT2D eigenvalue weighted by atomic mass is 9.96. The Hall–Kier alpha value is -2.21. The molecule has 122 valence electrons. The monoisotopic (exact) mass is 314 g/mol. The van der Waals surface area contributed by atoms with Gasteiger partial charge in [0.25, 0.3) is 0 Å². The summed E-state index contributed by atoms with van der Waals surface area (Å²) in [5.74, 6) is 1.48. The number of piperidine rings is 1. The van der Waals surface area contributed by atoms with E-state index in [4.69, 9.17) is 10.3 Å². The molecule has 0 aliphatic carbocycles. The summed E-state index contributed by atoms with van der Waals surface area (Å²) in [5, 5.41) is 3.84. The van der Waals surface area contributed by atoms with Gasteiger partial charge in [0.2, 0.25) is 11.8 Å². The molecular weight excluding hydrogens is 292 g/mol. The van der Waals surface area contributed by atoms with Crippen LogP contribution in [-0.4, -0.2) is 34.0 Å². The number of benzene rings is 1. The van der Waals surface area contributed by atoms with E-state index in [0.717, 1.165) is 24.9 Å². The highest BCUT2D eigenvalue weighted by atomic mass is 16.5. The molecule has 1 amide bonds. The average molecular weight is 314 g/mol. The summed E-state index contributed by atoms with van der Waals surface area (Å²) in [6.45, 7) is 3.20. The van der Waals surface area contributed by atoms with Crippen molar-refractivity contribution >= 4 is 5.91 Å². The Balaban J connectivity index is 1.61. The van der Waals surface area contributed by atoms with E-state index in [2.05, 4.69) is 10.1 Å². The minimum atomic E-state index is -0.269. The summed E-state index contributed by atoms with van der Waals surface area (Å²) in [4.78, 5) is 18.7. The number of carbonyl (C=O) groups excluding carboxylic acids is 1. The van der Waals surface area contributed by atoms with Gasteiger partial charge in [-0.15, -0.1) is 0 Å². The standard InChI is InChI=1S/C17H22N4O2/c1-12-19-17(23-20-12)14-8-5-9-21(11-14)16(22)10-15(18)13-6-3-2-4-7-13/h2-4,6-7,14-15H,5,8-11,18H2,1H3. The molecule has 0 spiro atoms. The second kappa shape index (κ2) is 6.91. The number of nitrogens with two attached hydrogens (primary N) is 1. The van der Waals surface area contributed by atoms with Crippen LogP contribution in [0.3, 0.4) is 0 Å². The first-order chi connectivity index (χ1) is 11.1. The van der Waals surface area contributed by atoms with Gasteiger partial charge in [-0.05, 0) is 25.3 Å². The van der Waals surface area contributed by atoms with Gasteiger partial charge in [0.05, 0.1) is 5.92 Å². The molecule has 6 nitrogen and oxygen atoms in total. The quantitative estimate of drug-likeness (QED) is 0.935. The molecule has 1 fully saturated rings. The summed E-state index contributed by atoms with van der Waals surface area (Å²) < 4.78 is 5.26. The summed E-state index contributed by atoms with van der Waals surface area (Å²) >= 11 is 0. The van der Waals surface area contributed by atoms with Gasteiger partial charge in [-0.2, -0.15) is 4.98 Å². The number of nitrogens with zero attached hydrogens (tertiary/aromatic N) is 3. The fourth-order valence-corrected chi connectivity index (χ4v) is 3.02. The van der Waals surface area contributed by atoms with Crippen LogP contribution in [0.5, 0.6) is 0 Å². The van der Waals surface area contributed by atoms with Crippen LogP contribution in [0.1, 0.15) is 48.5 Å². The number of carbonyl (C=O) groups is 1. The largest absolute Gasteiger partial charge is 0.342 e. The van der Waals surface area contributed by atoms with Crippen molar-refractivity contribution < 1.29 is 9.32 Å². The highest BCUT2D eigenvalue weighted by molar-refractivity contribution is 5.77. The maximum atomic E-state index is 12.5. The molecule has 23 heavy (non-hydrogen) atoms. The lowest BCUT2D eigenvalue weighted by molar-refractivity contribution is -0.132. The molecule has 0 saturated carbocycles. The van der Waals surface area contributed by atoms with Crippen molar-refractivity contribution in [2.45, 2.75) is 38.1 Å². The summed E-state index contributed by atoms with van der Waals surface area (Å²) in [6.07, 6.45) is 2.23. The lowest BCUT2D eigenvalue weighted by Crippen LogP contribution is -2.40. The minimum absolute atomic E-state index is 0.0855. The molecule has 0 bridgehead atoms. The molecule has 1 aromatic heterocycles. The molecule has 6 heteroatoms. The molecule has 1 aliphatic heterocycles. The molecule has 0 radical (unpaired) electrons. The molecule has 2 unspecified atom stereocenters. The van der Waals surface area contributed by atoms with Gasteiger partial charge in [-0.3, -0.25) is 4.79 Å². The second-order valence-corrected chi connectivity index (χ2v) is 6.08. The van der Waals surface area contributed by atoms with Crippen LogP contribution >= 0.6 is 0 Å². The summed E-state index contributed by atoms with van der Waals surface area (Å²) in [6, 6.07) is 9.47. The van der Waals surface area contributed by atoms with Crippen molar-refractivity contribution in [3.05, 3.63) is 47.6 Å². The van der Waals surface area contributed by atoms with E-state index in [1.54, 1.807) is 6.92 Å². The van der Waals surface area contributed by atoms with Gasteiger partial charge in [0.1, 0.15) is 0 Å². The molecule has 1 aromatic carbocycles. The number of aryl methyl sites for hydroxylation is 1. The zero-order valence-electron chi connectivity index (χ0n) is 13.3. The number of hydrogen-bond donors (Lipinski definition) is 1. The molecule has 3 rings (SSSR count). The summed E-state index contributed by atoms with van der Waals surface area (Å²) in [7, 11) is 0. The Morgan fingerprint density at radius 3 is 2.91 bits per heavy atom. The van der Waals surface area contributed by atoms with Crippen molar-refractivity contribution in [3.63, 3.8) is 0 Å². The van der Waals surface area contributed by atoms with Crippen LogP contribution in [-0.2, 0) is 4.79 Å². The number of likely N-dealkylation sites (tertiary alicyclic amines) is 1. The Morgan fingerprint density at radius 1 is 1.43 bits per heavy atom. The third-order valence-electron chi connectivity index (χ3n) is 4.29. The van der Waals surface area contributed by atoms with E-state index < -0.39 is 0 Å². The Bertz CT molecular complexity index is 656. The number of hydrogen-bond acceptors (Lipinski definition) is 5. The van der Waals surface area contributed by atoms with Crippen molar-refractivity contribution in [3.8, 4) is 0 Å². The summed E-state index contributed by atoms with van der Waals surface area (Å²) in [5.41, 5.74) is 7.15. The highest BCUT2D eigenvalue weighted by Gasteiger charge is 2.28. The fourth-order valence-electron chi connectivity index (χ4n) is 3.02. The smallest absolute Gasteiger partial charge is 0.231 e. The first kappa shape index (κ1) is 15.7. The second-order valence-electron chi connectivity index (χ2n) is 6.08. The van der Waals surface area contributed by atoms with Crippen LogP contribution in [0.15, 0.2) is 34.9 Å². The van der Waals surface area contributed by atoms with E-state index in [9.17, 15) is 4.79 Å². The van der Waals surface area contributed by atoms with Gasteiger partial charge in [0.15, 0.2) is 5.82 Å². The first-order valence-electron chi connectivity index (χ1n) is 8.02. The third-order valence-corrected chi connectivity index (χ3v) is 4.29. The lowest BCUT2D eigenvalue weighted by Gasteiger charge is -2.31. The van der Waals surface area contributed by atoms with Crippen molar-refractivity contribution in [1.82, 2.24) is 15.0 Å². The predicted octanol–water partition coefficient (Wildman–Crippen LogP) is 2.17. The van der Waals surface area contributed by atoms with E-state index in [0.29, 0.717) is 24.7 Å². The zero-order valence-corrected chi connectivity index (χ0v) is 13.3. The van der Waals surface area contributed by atoms with Crippen molar-refractivity contribution in [2.75, 3.05) is 13.1 Å². The molecular formula is C17H22N4O2. The molecule has 2 atom stereocenters. The molecule has 2 aromatic rings. The first-order valence-corrected chi connectivity index (χ1v) is 8.02. The molecule has 1 aliphatic rings. The van der Waals surface area contributed by atoms with Crippen LogP contribution in [0.4, 0.5) is 0 Å². The molecule has 1 saturated heterocycles. The Kier molecular flexibility index (Phi) is 4.71. The minimum Gasteiger partial charge on any atom is -0.342 e. The average Bonchev–Trinajstić information content (AvgIpc) is 3.02. The molecule has 2 heterocycles. The highest BCUT2D eigenvalue weighted by Crippen LogP contribution is 2.26. The van der Waals surface area contributed by atoms with E-state index >= 15 is 0 Å². The van der Waals surface area contributed by atoms with Crippen LogP contribution < -0.4 is 5.73 Å². The third kappa shape index (κ3) is 3.76. The van der Waals surface area contributed by atoms with Crippen LogP contribution in [0.2, 0.25) is 0 Å². The van der Waals surface area contributed by atoms with Crippen molar-refractivity contribution in [1.29, 1.82) is 0 Å². The topological polar surface area (TPSA) is 85.2 Å². The number of aromatic nitrogens is 2. The van der Waals surface area contributed by atoms with Crippen LogP contribution in [0.25, 0.3) is 0 Å². The van der Waals surface area contributed by atoms with Gasteiger partial charge < -0.3 is 15.2 Å². The molecule has 2 N–H and O–H groups in total. The SMILES string of the molecule is Cc1noc(C2CCCN(C(=O)CC(N)c3ccccc3)C2)n1. The van der Waals surface area contributed by atoms with E-state index in [-0.39, 0.29) is 17.9 Å². The Labute approximate surface area is 135 Å². The van der Waals surface area contributed by atoms with Gasteiger partial charge in [-0.25, -0.2) is 0 Å². The normalized spacial score (nSPS) is 19.6. The number of rotatable bonds is 4. The number of amides is 1. The van der Waals surface area contributed by atoms with E-state index in [1.807, 2.05) is 35.2 Å². The maximum Gasteiger partial charge on any atom is 0.231 e. The van der Waals surface area contributed by atoms with Crippen molar-refractivity contribution in [2.24, 2.45) is 5.73 Å². The maximum absolute atomic E-state index is 12.5. The van der Waals surface area contributed by atoms with Gasteiger partial charge in [-0.1, -0.05) is 35.5 Å².